The van der Waals surface area contributed by atoms with Crippen molar-refractivity contribution < 1.29 is 14.1 Å². The van der Waals surface area contributed by atoms with Crippen LogP contribution in [0.3, 0.4) is 0 Å². The molecule has 0 aliphatic rings. The number of para-hydroxylation sites is 1. The Kier molecular flexibility index (Phi) is 4.35. The average Bonchev–Trinajstić information content (AvgIpc) is 3.38. The van der Waals surface area contributed by atoms with Gasteiger partial charge in [-0.15, -0.1) is 11.3 Å². The van der Waals surface area contributed by atoms with Crippen molar-refractivity contribution in [2.45, 2.75) is 19.4 Å². The lowest BCUT2D eigenvalue weighted by Crippen LogP contribution is -2.05. The summed E-state index contributed by atoms with van der Waals surface area (Å²) in [5.41, 5.74) is 2.81. The van der Waals surface area contributed by atoms with Gasteiger partial charge in [0.25, 0.3) is 0 Å². The van der Waals surface area contributed by atoms with Crippen molar-refractivity contribution in [3.63, 3.8) is 0 Å². The number of thiophene rings is 1. The predicted octanol–water partition coefficient (Wildman–Crippen LogP) is 4.56. The number of aromatic amines is 1. The molecule has 0 saturated carbocycles. The molecule has 0 aliphatic heterocycles. The van der Waals surface area contributed by atoms with Gasteiger partial charge in [-0.3, -0.25) is 4.79 Å². The summed E-state index contributed by atoms with van der Waals surface area (Å²) in [7, 11) is 0. The smallest absolute Gasteiger partial charge is 0.306 e. The highest BCUT2D eigenvalue weighted by molar-refractivity contribution is 7.13. The van der Waals surface area contributed by atoms with Gasteiger partial charge in [-0.2, -0.15) is 0 Å². The molecule has 0 spiro atoms. The van der Waals surface area contributed by atoms with Crippen molar-refractivity contribution in [3.8, 4) is 10.6 Å². The van der Waals surface area contributed by atoms with Gasteiger partial charge in [0.05, 0.1) is 4.88 Å². The molecule has 6 heteroatoms. The molecule has 25 heavy (non-hydrogen) atoms. The van der Waals surface area contributed by atoms with Crippen LogP contribution in [0.2, 0.25) is 0 Å². The molecule has 0 aliphatic carbocycles. The second kappa shape index (κ2) is 6.94. The Balaban J connectivity index is 1.31. The van der Waals surface area contributed by atoms with E-state index in [4.69, 9.17) is 9.26 Å². The summed E-state index contributed by atoms with van der Waals surface area (Å²) < 4.78 is 10.6. The third-order valence-corrected chi connectivity index (χ3v) is 4.86. The maximum atomic E-state index is 12.0. The summed E-state index contributed by atoms with van der Waals surface area (Å²) in [6.07, 6.45) is 2.92. The van der Waals surface area contributed by atoms with E-state index in [0.717, 1.165) is 21.3 Å². The van der Waals surface area contributed by atoms with Gasteiger partial charge >= 0.3 is 5.97 Å². The summed E-state index contributed by atoms with van der Waals surface area (Å²) in [5, 5.41) is 7.06. The van der Waals surface area contributed by atoms with E-state index >= 15 is 0 Å². The number of fused-ring (bicyclic) bond motifs is 1. The van der Waals surface area contributed by atoms with E-state index < -0.39 is 0 Å². The lowest BCUT2D eigenvalue weighted by molar-refractivity contribution is -0.145. The van der Waals surface area contributed by atoms with Crippen LogP contribution in [0.4, 0.5) is 0 Å². The monoisotopic (exact) mass is 352 g/mol. The number of aryl methyl sites for hydroxylation is 1. The summed E-state index contributed by atoms with van der Waals surface area (Å²) >= 11 is 1.58. The molecule has 4 rings (SSSR count). The van der Waals surface area contributed by atoms with Gasteiger partial charge in [0, 0.05) is 29.6 Å². The van der Waals surface area contributed by atoms with Gasteiger partial charge in [0.15, 0.2) is 5.76 Å². The van der Waals surface area contributed by atoms with Crippen LogP contribution in [0.25, 0.3) is 21.5 Å². The first-order valence-corrected chi connectivity index (χ1v) is 8.87. The van der Waals surface area contributed by atoms with E-state index in [1.54, 1.807) is 17.4 Å². The molecule has 5 nitrogen and oxygen atoms in total. The van der Waals surface area contributed by atoms with Crippen molar-refractivity contribution in [3.05, 3.63) is 65.3 Å². The topological polar surface area (TPSA) is 68.1 Å². The maximum Gasteiger partial charge on any atom is 0.306 e. The molecule has 4 aromatic rings. The van der Waals surface area contributed by atoms with Crippen molar-refractivity contribution in [2.75, 3.05) is 0 Å². The molecule has 0 amide bonds. The highest BCUT2D eigenvalue weighted by Gasteiger charge is 2.11. The molecular formula is C19H16N2O3S. The molecule has 0 bridgehead atoms. The molecule has 126 valence electrons. The molecular weight excluding hydrogens is 336 g/mol. The minimum Gasteiger partial charge on any atom is -0.459 e. The molecule has 0 atom stereocenters. The van der Waals surface area contributed by atoms with Gasteiger partial charge < -0.3 is 14.2 Å². The fraction of sp³-hybridized carbons (Fsp3) is 0.158. The molecule has 1 aromatic carbocycles. The normalized spacial score (nSPS) is 11.0. The number of carbonyl (C=O) groups is 1. The fourth-order valence-corrected chi connectivity index (χ4v) is 3.39. The van der Waals surface area contributed by atoms with Crippen LogP contribution in [-0.4, -0.2) is 16.1 Å². The van der Waals surface area contributed by atoms with E-state index in [0.29, 0.717) is 24.3 Å². The van der Waals surface area contributed by atoms with Gasteiger partial charge in [-0.05, 0) is 29.5 Å². The van der Waals surface area contributed by atoms with Crippen molar-refractivity contribution in [1.29, 1.82) is 0 Å². The van der Waals surface area contributed by atoms with Gasteiger partial charge in [-0.1, -0.05) is 29.4 Å². The Morgan fingerprint density at radius 1 is 1.24 bits per heavy atom. The number of hydrogen-bond acceptors (Lipinski definition) is 5. The Morgan fingerprint density at radius 2 is 2.16 bits per heavy atom. The number of esters is 1. The second-order valence-corrected chi connectivity index (χ2v) is 6.63. The number of H-pyrrole nitrogens is 1. The number of nitrogens with zero attached hydrogens (tertiary/aromatic N) is 1. The number of hydrogen-bond donors (Lipinski definition) is 1. The van der Waals surface area contributed by atoms with Crippen LogP contribution in [-0.2, 0) is 22.6 Å². The van der Waals surface area contributed by atoms with Crippen molar-refractivity contribution in [1.82, 2.24) is 10.1 Å². The van der Waals surface area contributed by atoms with Crippen LogP contribution in [0.1, 0.15) is 17.7 Å². The zero-order chi connectivity index (χ0) is 17.1. The number of ether oxygens (including phenoxy) is 1. The van der Waals surface area contributed by atoms with Crippen LogP contribution < -0.4 is 0 Å². The van der Waals surface area contributed by atoms with E-state index in [1.807, 2.05) is 48.0 Å². The first kappa shape index (κ1) is 15.7. The standard InChI is InChI=1S/C19H16N2O3S/c22-19(8-7-13-11-20-16-5-2-1-4-15(13)16)23-12-14-10-17(24-21-14)18-6-3-9-25-18/h1-6,9-11,20H,7-8,12H2. The first-order valence-electron chi connectivity index (χ1n) is 8.00. The fourth-order valence-electron chi connectivity index (χ4n) is 2.72. The number of aromatic nitrogens is 2. The highest BCUT2D eigenvalue weighted by Crippen LogP contribution is 2.25. The van der Waals surface area contributed by atoms with Crippen LogP contribution in [0, 0.1) is 0 Å². The third kappa shape index (κ3) is 3.49. The van der Waals surface area contributed by atoms with E-state index in [1.165, 1.54) is 0 Å². The largest absolute Gasteiger partial charge is 0.459 e. The van der Waals surface area contributed by atoms with Gasteiger partial charge in [0.1, 0.15) is 12.3 Å². The molecule has 0 saturated heterocycles. The zero-order valence-corrected chi connectivity index (χ0v) is 14.2. The minimum absolute atomic E-state index is 0.127. The van der Waals surface area contributed by atoms with Crippen LogP contribution >= 0.6 is 11.3 Å². The first-order chi connectivity index (χ1) is 12.3. The van der Waals surface area contributed by atoms with E-state index in [2.05, 4.69) is 10.1 Å². The average molecular weight is 352 g/mol. The SMILES string of the molecule is O=C(CCc1c[nH]c2ccccc12)OCc1cc(-c2cccs2)on1. The van der Waals surface area contributed by atoms with Crippen LogP contribution in [0.15, 0.2) is 58.6 Å². The van der Waals surface area contributed by atoms with Crippen molar-refractivity contribution >= 4 is 28.2 Å². The third-order valence-electron chi connectivity index (χ3n) is 3.98. The number of nitrogens with one attached hydrogen (secondary N) is 1. The Bertz CT molecular complexity index is 985. The predicted molar refractivity (Wildman–Crippen MR) is 96.2 cm³/mol. The Labute approximate surface area is 148 Å². The zero-order valence-electron chi connectivity index (χ0n) is 13.4. The van der Waals surface area contributed by atoms with E-state index in [9.17, 15) is 4.79 Å². The Hall–Kier alpha value is -2.86. The van der Waals surface area contributed by atoms with E-state index in [-0.39, 0.29) is 12.6 Å². The summed E-state index contributed by atoms with van der Waals surface area (Å²) in [4.78, 5) is 16.2. The molecule has 0 radical (unpaired) electrons. The molecule has 0 unspecified atom stereocenters. The lowest BCUT2D eigenvalue weighted by atomic mass is 10.1. The molecule has 1 N–H and O–H groups in total. The lowest BCUT2D eigenvalue weighted by Gasteiger charge is -2.02. The van der Waals surface area contributed by atoms with Gasteiger partial charge in [0.2, 0.25) is 0 Å². The number of benzene rings is 1. The summed E-state index contributed by atoms with van der Waals surface area (Å²) in [6, 6.07) is 13.8. The van der Waals surface area contributed by atoms with Crippen LogP contribution in [0.5, 0.6) is 0 Å². The molecule has 3 aromatic heterocycles. The number of rotatable bonds is 6. The highest BCUT2D eigenvalue weighted by atomic mass is 32.1. The maximum absolute atomic E-state index is 12.0. The second-order valence-electron chi connectivity index (χ2n) is 5.68. The van der Waals surface area contributed by atoms with Crippen molar-refractivity contribution in [2.24, 2.45) is 0 Å². The quantitative estimate of drug-likeness (QED) is 0.517. The van der Waals surface area contributed by atoms with Gasteiger partial charge in [-0.25, -0.2) is 0 Å². The Morgan fingerprint density at radius 3 is 3.04 bits per heavy atom. The summed E-state index contributed by atoms with van der Waals surface area (Å²) in [5.74, 6) is 0.450. The minimum atomic E-state index is -0.244. The molecule has 0 fully saturated rings. The summed E-state index contributed by atoms with van der Waals surface area (Å²) in [6.45, 7) is 0.127. The number of carbonyl (C=O) groups excluding carboxylic acids is 1. The molecule has 3 heterocycles.